The highest BCUT2D eigenvalue weighted by Crippen LogP contribution is 2.32. The normalized spacial score (nSPS) is 10.8. The van der Waals surface area contributed by atoms with E-state index >= 15 is 0 Å². The first-order chi connectivity index (χ1) is 14.1. The molecule has 0 aliphatic rings. The number of methoxy groups -OCH3 is 1. The minimum Gasteiger partial charge on any atom is -0.497 e. The maximum atomic E-state index is 13.0. The van der Waals surface area contributed by atoms with Crippen LogP contribution in [0.3, 0.4) is 0 Å². The predicted octanol–water partition coefficient (Wildman–Crippen LogP) is 5.60. The third kappa shape index (κ3) is 4.42. The summed E-state index contributed by atoms with van der Waals surface area (Å²) >= 11 is 7.53. The molecule has 0 saturated heterocycles. The van der Waals surface area contributed by atoms with Gasteiger partial charge >= 0.3 is 0 Å². The van der Waals surface area contributed by atoms with Crippen molar-refractivity contribution in [3.05, 3.63) is 82.2 Å². The molecule has 146 valence electrons. The topological polar surface area (TPSA) is 51.2 Å². The molecule has 0 unspecified atom stereocenters. The van der Waals surface area contributed by atoms with Gasteiger partial charge in [0.1, 0.15) is 5.75 Å². The molecule has 4 nitrogen and oxygen atoms in total. The van der Waals surface area contributed by atoms with Crippen LogP contribution in [0.2, 0.25) is 4.34 Å². The monoisotopic (exact) mass is 422 g/mol. The first kappa shape index (κ1) is 19.4. The average Bonchev–Trinajstić information content (AvgIpc) is 3.19. The lowest BCUT2D eigenvalue weighted by Gasteiger charge is -2.10. The second kappa shape index (κ2) is 8.64. The number of nitrogens with zero attached hydrogens (tertiary/aromatic N) is 1. The van der Waals surface area contributed by atoms with Crippen molar-refractivity contribution in [3.8, 4) is 16.3 Å². The number of halogens is 1. The number of ether oxygens (including phenoxy) is 1. The summed E-state index contributed by atoms with van der Waals surface area (Å²) in [5.41, 5.74) is 3.29. The zero-order chi connectivity index (χ0) is 20.2. The van der Waals surface area contributed by atoms with E-state index in [1.807, 2.05) is 66.7 Å². The molecule has 29 heavy (non-hydrogen) atoms. The molecule has 1 N–H and O–H groups in total. The van der Waals surface area contributed by atoms with E-state index in [1.54, 1.807) is 7.11 Å². The van der Waals surface area contributed by atoms with Gasteiger partial charge in [-0.15, -0.1) is 11.3 Å². The fourth-order valence-electron chi connectivity index (χ4n) is 3.15. The first-order valence-corrected chi connectivity index (χ1v) is 10.4. The summed E-state index contributed by atoms with van der Waals surface area (Å²) < 4.78 is 5.87. The SMILES string of the molecule is COc1ccc(CCNC(=O)c2cc(-c3ccc(Cl)s3)nc3ccccc23)cc1. The molecule has 1 amide bonds. The van der Waals surface area contributed by atoms with Gasteiger partial charge in [-0.2, -0.15) is 0 Å². The van der Waals surface area contributed by atoms with Crippen LogP contribution in [0, 0.1) is 0 Å². The molecule has 0 saturated carbocycles. The summed E-state index contributed by atoms with van der Waals surface area (Å²) in [7, 11) is 1.65. The Bertz CT molecular complexity index is 1160. The van der Waals surface area contributed by atoms with Crippen molar-refractivity contribution in [3.63, 3.8) is 0 Å². The zero-order valence-corrected chi connectivity index (χ0v) is 17.4. The Hall–Kier alpha value is -2.89. The van der Waals surface area contributed by atoms with Crippen LogP contribution in [0.15, 0.2) is 66.7 Å². The third-order valence-corrected chi connectivity index (χ3v) is 5.90. The van der Waals surface area contributed by atoms with Crippen LogP contribution in [0.25, 0.3) is 21.5 Å². The molecule has 0 aliphatic carbocycles. The van der Waals surface area contributed by atoms with Gasteiger partial charge in [0.05, 0.1) is 33.1 Å². The Kier molecular flexibility index (Phi) is 5.79. The van der Waals surface area contributed by atoms with E-state index in [0.29, 0.717) is 16.4 Å². The summed E-state index contributed by atoms with van der Waals surface area (Å²) in [5.74, 6) is 0.711. The van der Waals surface area contributed by atoms with Crippen molar-refractivity contribution in [2.75, 3.05) is 13.7 Å². The molecule has 0 bridgehead atoms. The number of fused-ring (bicyclic) bond motifs is 1. The molecule has 0 aliphatic heterocycles. The molecule has 4 aromatic rings. The lowest BCUT2D eigenvalue weighted by atomic mass is 10.1. The van der Waals surface area contributed by atoms with E-state index < -0.39 is 0 Å². The Morgan fingerprint density at radius 3 is 2.62 bits per heavy atom. The standard InChI is InChI=1S/C23H19ClN2O2S/c1-28-16-8-6-15(7-9-16)12-13-25-23(27)18-14-20(21-10-11-22(24)29-21)26-19-5-3-2-4-17(18)19/h2-11,14H,12-13H2,1H3,(H,25,27). The quantitative estimate of drug-likeness (QED) is 0.440. The Labute approximate surface area is 178 Å². The number of thiophene rings is 1. The van der Waals surface area contributed by atoms with E-state index in [9.17, 15) is 4.79 Å². The van der Waals surface area contributed by atoms with Crippen LogP contribution >= 0.6 is 22.9 Å². The van der Waals surface area contributed by atoms with Gasteiger partial charge in [-0.05, 0) is 48.4 Å². The average molecular weight is 423 g/mol. The number of carbonyl (C=O) groups excluding carboxylic acids is 1. The molecular weight excluding hydrogens is 404 g/mol. The van der Waals surface area contributed by atoms with Gasteiger partial charge in [0.25, 0.3) is 5.91 Å². The third-order valence-electron chi connectivity index (χ3n) is 4.64. The van der Waals surface area contributed by atoms with Crippen LogP contribution in [0.5, 0.6) is 5.75 Å². The summed E-state index contributed by atoms with van der Waals surface area (Å²) in [6.07, 6.45) is 0.742. The van der Waals surface area contributed by atoms with Crippen molar-refractivity contribution >= 4 is 39.7 Å². The number of amides is 1. The van der Waals surface area contributed by atoms with Crippen LogP contribution < -0.4 is 10.1 Å². The number of rotatable bonds is 6. The minimum atomic E-state index is -0.110. The van der Waals surface area contributed by atoms with E-state index in [-0.39, 0.29) is 5.91 Å². The van der Waals surface area contributed by atoms with Crippen LogP contribution in [-0.2, 0) is 6.42 Å². The molecule has 6 heteroatoms. The van der Waals surface area contributed by atoms with Gasteiger partial charge in [0.2, 0.25) is 0 Å². The molecule has 2 heterocycles. The van der Waals surface area contributed by atoms with E-state index in [0.717, 1.165) is 39.2 Å². The summed E-state index contributed by atoms with van der Waals surface area (Å²) in [6.45, 7) is 0.544. The summed E-state index contributed by atoms with van der Waals surface area (Å²) in [4.78, 5) is 18.6. The maximum Gasteiger partial charge on any atom is 0.252 e. The van der Waals surface area contributed by atoms with Crippen molar-refractivity contribution in [1.82, 2.24) is 10.3 Å². The lowest BCUT2D eigenvalue weighted by Crippen LogP contribution is -2.26. The van der Waals surface area contributed by atoms with E-state index in [1.165, 1.54) is 11.3 Å². The van der Waals surface area contributed by atoms with Crippen molar-refractivity contribution < 1.29 is 9.53 Å². The highest BCUT2D eigenvalue weighted by Gasteiger charge is 2.14. The van der Waals surface area contributed by atoms with Gasteiger partial charge < -0.3 is 10.1 Å². The number of aromatic nitrogens is 1. The Balaban J connectivity index is 1.55. The van der Waals surface area contributed by atoms with Crippen molar-refractivity contribution in [2.24, 2.45) is 0 Å². The fourth-order valence-corrected chi connectivity index (χ4v) is 4.15. The highest BCUT2D eigenvalue weighted by atomic mass is 35.5. The lowest BCUT2D eigenvalue weighted by molar-refractivity contribution is 0.0955. The first-order valence-electron chi connectivity index (χ1n) is 9.20. The fraction of sp³-hybridized carbons (Fsp3) is 0.130. The molecule has 0 spiro atoms. The highest BCUT2D eigenvalue weighted by molar-refractivity contribution is 7.19. The molecule has 2 aromatic carbocycles. The van der Waals surface area contributed by atoms with Crippen LogP contribution in [-0.4, -0.2) is 24.5 Å². The molecule has 0 fully saturated rings. The summed E-state index contributed by atoms with van der Waals surface area (Å²) in [6, 6.07) is 21.1. The number of nitrogens with one attached hydrogen (secondary N) is 1. The minimum absolute atomic E-state index is 0.110. The van der Waals surface area contributed by atoms with Crippen LogP contribution in [0.4, 0.5) is 0 Å². The molecule has 4 rings (SSSR count). The van der Waals surface area contributed by atoms with E-state index in [4.69, 9.17) is 21.3 Å². The van der Waals surface area contributed by atoms with Gasteiger partial charge in [-0.25, -0.2) is 4.98 Å². The van der Waals surface area contributed by atoms with Crippen molar-refractivity contribution in [2.45, 2.75) is 6.42 Å². The van der Waals surface area contributed by atoms with Crippen molar-refractivity contribution in [1.29, 1.82) is 0 Å². The largest absolute Gasteiger partial charge is 0.497 e. The van der Waals surface area contributed by atoms with Gasteiger partial charge in [0.15, 0.2) is 0 Å². The Morgan fingerprint density at radius 1 is 1.10 bits per heavy atom. The van der Waals surface area contributed by atoms with Gasteiger partial charge in [0, 0.05) is 11.9 Å². The number of benzene rings is 2. The molecule has 0 atom stereocenters. The van der Waals surface area contributed by atoms with Crippen LogP contribution in [0.1, 0.15) is 15.9 Å². The van der Waals surface area contributed by atoms with E-state index in [2.05, 4.69) is 5.32 Å². The number of pyridine rings is 1. The molecular formula is C23H19ClN2O2S. The number of hydrogen-bond acceptors (Lipinski definition) is 4. The molecule has 2 aromatic heterocycles. The predicted molar refractivity (Wildman–Crippen MR) is 119 cm³/mol. The number of carbonyl (C=O) groups is 1. The maximum absolute atomic E-state index is 13.0. The van der Waals surface area contributed by atoms with Gasteiger partial charge in [-0.3, -0.25) is 4.79 Å². The second-order valence-electron chi connectivity index (χ2n) is 6.53. The molecule has 0 radical (unpaired) electrons. The summed E-state index contributed by atoms with van der Waals surface area (Å²) in [5, 5.41) is 3.87. The number of hydrogen-bond donors (Lipinski definition) is 1. The number of para-hydroxylation sites is 1. The smallest absolute Gasteiger partial charge is 0.252 e. The van der Waals surface area contributed by atoms with Gasteiger partial charge in [-0.1, -0.05) is 41.9 Å². The Morgan fingerprint density at radius 2 is 1.90 bits per heavy atom. The zero-order valence-electron chi connectivity index (χ0n) is 15.8. The second-order valence-corrected chi connectivity index (χ2v) is 8.25.